The lowest BCUT2D eigenvalue weighted by atomic mass is 10.1. The standard InChI is InChI=1S/C16H28O2S/c1-6-8-9-10-11-12-13-19-14(7-2)15(17)18-16(3,4)5/h2,14H,6,8-13H2,1,3-5H3. The third-order valence-corrected chi connectivity index (χ3v) is 3.74. The Labute approximate surface area is 123 Å². The van der Waals surface area contributed by atoms with Crippen LogP contribution in [0.3, 0.4) is 0 Å². The third kappa shape index (κ3) is 10.9. The summed E-state index contributed by atoms with van der Waals surface area (Å²) in [6, 6.07) is 0. The minimum Gasteiger partial charge on any atom is -0.458 e. The van der Waals surface area contributed by atoms with Crippen molar-refractivity contribution in [3.05, 3.63) is 0 Å². The fraction of sp³-hybridized carbons (Fsp3) is 0.812. The Balaban J connectivity index is 3.77. The maximum Gasteiger partial charge on any atom is 0.331 e. The van der Waals surface area contributed by atoms with Crippen LogP contribution in [-0.4, -0.2) is 22.6 Å². The van der Waals surface area contributed by atoms with E-state index in [1.807, 2.05) is 20.8 Å². The molecule has 19 heavy (non-hydrogen) atoms. The lowest BCUT2D eigenvalue weighted by molar-refractivity contribution is -0.152. The van der Waals surface area contributed by atoms with Gasteiger partial charge in [-0.3, -0.25) is 0 Å². The minimum atomic E-state index is -0.465. The first-order valence-electron chi connectivity index (χ1n) is 7.21. The van der Waals surface area contributed by atoms with Gasteiger partial charge in [0.1, 0.15) is 5.60 Å². The van der Waals surface area contributed by atoms with Gasteiger partial charge in [-0.15, -0.1) is 18.2 Å². The second kappa shape index (κ2) is 10.2. The number of esters is 1. The summed E-state index contributed by atoms with van der Waals surface area (Å²) >= 11 is 1.52. The molecule has 0 radical (unpaired) electrons. The number of unbranched alkanes of at least 4 members (excludes halogenated alkanes) is 5. The molecule has 0 N–H and O–H groups in total. The second-order valence-corrected chi connectivity index (χ2v) is 6.93. The molecule has 110 valence electrons. The first-order valence-corrected chi connectivity index (χ1v) is 8.26. The number of carbonyl (C=O) groups is 1. The van der Waals surface area contributed by atoms with Crippen molar-refractivity contribution in [2.75, 3.05) is 5.75 Å². The molecule has 2 nitrogen and oxygen atoms in total. The molecule has 0 amide bonds. The van der Waals surface area contributed by atoms with Gasteiger partial charge in [-0.2, -0.15) is 0 Å². The van der Waals surface area contributed by atoms with Crippen molar-refractivity contribution in [2.45, 2.75) is 77.1 Å². The zero-order valence-corrected chi connectivity index (χ0v) is 13.6. The minimum absolute atomic E-state index is 0.286. The molecule has 0 aromatic rings. The first kappa shape index (κ1) is 18.4. The molecule has 0 bridgehead atoms. The molecule has 1 atom stereocenters. The second-order valence-electron chi connectivity index (χ2n) is 5.72. The molecule has 0 aromatic heterocycles. The van der Waals surface area contributed by atoms with E-state index >= 15 is 0 Å². The predicted octanol–water partition coefficient (Wildman–Crippen LogP) is 4.42. The zero-order valence-electron chi connectivity index (χ0n) is 12.8. The molecule has 0 heterocycles. The summed E-state index contributed by atoms with van der Waals surface area (Å²) in [7, 11) is 0. The highest BCUT2D eigenvalue weighted by molar-refractivity contribution is 8.00. The van der Waals surface area contributed by atoms with Crippen molar-refractivity contribution in [2.24, 2.45) is 0 Å². The van der Waals surface area contributed by atoms with Crippen LogP contribution in [0.5, 0.6) is 0 Å². The van der Waals surface area contributed by atoms with E-state index < -0.39 is 10.9 Å². The van der Waals surface area contributed by atoms with E-state index in [0.717, 1.165) is 12.2 Å². The zero-order chi connectivity index (χ0) is 14.7. The van der Waals surface area contributed by atoms with Crippen LogP contribution in [0.25, 0.3) is 0 Å². The summed E-state index contributed by atoms with van der Waals surface area (Å²) in [6.07, 6.45) is 12.9. The van der Waals surface area contributed by atoms with Crippen LogP contribution in [0.1, 0.15) is 66.2 Å². The fourth-order valence-electron chi connectivity index (χ4n) is 1.62. The molecule has 3 heteroatoms. The van der Waals surface area contributed by atoms with Crippen LogP contribution in [-0.2, 0) is 9.53 Å². The van der Waals surface area contributed by atoms with E-state index in [1.165, 1.54) is 43.9 Å². The van der Waals surface area contributed by atoms with Crippen molar-refractivity contribution in [1.82, 2.24) is 0 Å². The van der Waals surface area contributed by atoms with Gasteiger partial charge in [0.25, 0.3) is 0 Å². The largest absolute Gasteiger partial charge is 0.458 e. The lowest BCUT2D eigenvalue weighted by Crippen LogP contribution is -2.29. The molecular formula is C16H28O2S. The van der Waals surface area contributed by atoms with E-state index in [9.17, 15) is 4.79 Å². The summed E-state index contributed by atoms with van der Waals surface area (Å²) < 4.78 is 5.30. The van der Waals surface area contributed by atoms with Gasteiger partial charge in [0.15, 0.2) is 5.25 Å². The number of carbonyl (C=O) groups excluding carboxylic acids is 1. The van der Waals surface area contributed by atoms with Crippen molar-refractivity contribution in [1.29, 1.82) is 0 Å². The van der Waals surface area contributed by atoms with Crippen LogP contribution in [0.15, 0.2) is 0 Å². The van der Waals surface area contributed by atoms with Gasteiger partial charge >= 0.3 is 5.97 Å². The molecule has 1 unspecified atom stereocenters. The van der Waals surface area contributed by atoms with Crippen LogP contribution in [0, 0.1) is 12.3 Å². The molecule has 0 fully saturated rings. The average molecular weight is 284 g/mol. The van der Waals surface area contributed by atoms with Crippen LogP contribution >= 0.6 is 11.8 Å². The normalized spacial score (nSPS) is 12.8. The monoisotopic (exact) mass is 284 g/mol. The Morgan fingerprint density at radius 2 is 1.79 bits per heavy atom. The maximum absolute atomic E-state index is 11.8. The van der Waals surface area contributed by atoms with Crippen LogP contribution in [0.2, 0.25) is 0 Å². The summed E-state index contributed by atoms with van der Waals surface area (Å²) in [4.78, 5) is 11.8. The molecule has 0 spiro atoms. The highest BCUT2D eigenvalue weighted by atomic mass is 32.2. The van der Waals surface area contributed by atoms with Gasteiger partial charge in [-0.05, 0) is 32.9 Å². The van der Waals surface area contributed by atoms with Crippen molar-refractivity contribution in [3.8, 4) is 12.3 Å². The SMILES string of the molecule is C#CC(SCCCCCCCC)C(=O)OC(C)(C)C. The Hall–Kier alpha value is -0.620. The number of rotatable bonds is 9. The van der Waals surface area contributed by atoms with Crippen molar-refractivity contribution < 1.29 is 9.53 Å². The van der Waals surface area contributed by atoms with E-state index in [1.54, 1.807) is 0 Å². The summed E-state index contributed by atoms with van der Waals surface area (Å²) in [5, 5.41) is -0.463. The van der Waals surface area contributed by atoms with Gasteiger partial charge in [-0.25, -0.2) is 4.79 Å². The summed E-state index contributed by atoms with van der Waals surface area (Å²) in [6.45, 7) is 7.79. The number of hydrogen-bond donors (Lipinski definition) is 0. The van der Waals surface area contributed by atoms with Gasteiger partial charge in [0.2, 0.25) is 0 Å². The topological polar surface area (TPSA) is 26.3 Å². The van der Waals surface area contributed by atoms with Crippen molar-refractivity contribution in [3.63, 3.8) is 0 Å². The Kier molecular flexibility index (Phi) is 9.87. The quantitative estimate of drug-likeness (QED) is 0.356. The smallest absolute Gasteiger partial charge is 0.331 e. The predicted molar refractivity (Wildman–Crippen MR) is 84.3 cm³/mol. The average Bonchev–Trinajstić information content (AvgIpc) is 2.30. The Morgan fingerprint density at radius 3 is 2.32 bits per heavy atom. The first-order chi connectivity index (χ1) is 8.90. The summed E-state index contributed by atoms with van der Waals surface area (Å²) in [5.74, 6) is 3.17. The van der Waals surface area contributed by atoms with Gasteiger partial charge in [0, 0.05) is 0 Å². The number of ether oxygens (including phenoxy) is 1. The fourth-order valence-corrected chi connectivity index (χ4v) is 2.51. The molecular weight excluding hydrogens is 256 g/mol. The molecule has 0 aliphatic rings. The van der Waals surface area contributed by atoms with E-state index in [0.29, 0.717) is 0 Å². The van der Waals surface area contributed by atoms with E-state index in [2.05, 4.69) is 12.8 Å². The Morgan fingerprint density at radius 1 is 1.21 bits per heavy atom. The van der Waals surface area contributed by atoms with Gasteiger partial charge in [-0.1, -0.05) is 44.9 Å². The lowest BCUT2D eigenvalue weighted by Gasteiger charge is -2.21. The van der Waals surface area contributed by atoms with Gasteiger partial charge in [0.05, 0.1) is 0 Å². The number of terminal acetylenes is 1. The van der Waals surface area contributed by atoms with E-state index in [-0.39, 0.29) is 5.97 Å². The molecule has 0 aromatic carbocycles. The number of thioether (sulfide) groups is 1. The molecule has 0 saturated carbocycles. The van der Waals surface area contributed by atoms with E-state index in [4.69, 9.17) is 11.2 Å². The third-order valence-electron chi connectivity index (χ3n) is 2.55. The van der Waals surface area contributed by atoms with Gasteiger partial charge < -0.3 is 4.74 Å². The molecule has 0 saturated heterocycles. The molecule has 0 aliphatic heterocycles. The Bertz CT molecular complexity index is 286. The molecule has 0 rings (SSSR count). The molecule has 0 aliphatic carbocycles. The van der Waals surface area contributed by atoms with Crippen LogP contribution in [0.4, 0.5) is 0 Å². The van der Waals surface area contributed by atoms with Crippen molar-refractivity contribution >= 4 is 17.7 Å². The highest BCUT2D eigenvalue weighted by Crippen LogP contribution is 2.18. The summed E-state index contributed by atoms with van der Waals surface area (Å²) in [5.41, 5.74) is -0.465. The maximum atomic E-state index is 11.8. The highest BCUT2D eigenvalue weighted by Gasteiger charge is 2.23. The van der Waals surface area contributed by atoms with Crippen LogP contribution < -0.4 is 0 Å². The number of hydrogen-bond acceptors (Lipinski definition) is 3.